The summed E-state index contributed by atoms with van der Waals surface area (Å²) in [5, 5.41) is 5.51. The molecular weight excluding hydrogens is 186 g/mol. The lowest BCUT2D eigenvalue weighted by Gasteiger charge is -2.27. The highest BCUT2D eigenvalue weighted by atomic mass is 16.5. The van der Waals surface area contributed by atoms with Gasteiger partial charge in [0.2, 0.25) is 0 Å². The van der Waals surface area contributed by atoms with Gasteiger partial charge >= 0.3 is 12.0 Å². The van der Waals surface area contributed by atoms with Gasteiger partial charge in [-0.25, -0.2) is 9.80 Å². The van der Waals surface area contributed by atoms with Gasteiger partial charge in [0.1, 0.15) is 0 Å². The molecule has 0 aromatic heterocycles. The Kier molecular flexibility index (Phi) is 5.62. The molecule has 6 heteroatoms. The molecule has 14 heavy (non-hydrogen) atoms. The molecule has 82 valence electrons. The third-order valence-electron chi connectivity index (χ3n) is 1.69. The number of amides is 2. The predicted octanol–water partition coefficient (Wildman–Crippen LogP) is -0.332. The Morgan fingerprint density at radius 2 is 1.93 bits per heavy atom. The van der Waals surface area contributed by atoms with Crippen molar-refractivity contribution in [3.63, 3.8) is 0 Å². The fraction of sp³-hybridized carbons (Fsp3) is 0.750. The van der Waals surface area contributed by atoms with Crippen LogP contribution in [0.2, 0.25) is 0 Å². The maximum atomic E-state index is 11.3. The number of carbonyl (C=O) groups excluding carboxylic acids is 2. The van der Waals surface area contributed by atoms with Gasteiger partial charge in [-0.1, -0.05) is 0 Å². The molecule has 6 nitrogen and oxygen atoms in total. The monoisotopic (exact) mass is 203 g/mol. The summed E-state index contributed by atoms with van der Waals surface area (Å²) in [6, 6.07) is -0.251. The summed E-state index contributed by atoms with van der Waals surface area (Å²) in [6.45, 7) is 0.305. The summed E-state index contributed by atoms with van der Waals surface area (Å²) in [5.41, 5.74) is 0. The number of carbonyl (C=O) groups is 2. The number of esters is 1. The molecule has 0 radical (unpaired) electrons. The van der Waals surface area contributed by atoms with Crippen LogP contribution in [0.1, 0.15) is 6.42 Å². The normalized spacial score (nSPS) is 9.79. The van der Waals surface area contributed by atoms with Crippen LogP contribution in [-0.4, -0.2) is 56.8 Å². The summed E-state index contributed by atoms with van der Waals surface area (Å²) in [5.74, 6) is -0.333. The van der Waals surface area contributed by atoms with E-state index in [0.29, 0.717) is 6.54 Å². The zero-order chi connectivity index (χ0) is 11.1. The smallest absolute Gasteiger partial charge is 0.331 e. The summed E-state index contributed by atoms with van der Waals surface area (Å²) < 4.78 is 4.48. The molecule has 0 fully saturated rings. The Balaban J connectivity index is 4.11. The van der Waals surface area contributed by atoms with Crippen LogP contribution in [0.15, 0.2) is 0 Å². The first-order chi connectivity index (χ1) is 6.52. The summed E-state index contributed by atoms with van der Waals surface area (Å²) in [4.78, 5) is 22.1. The molecular formula is C8H17N3O3. The quantitative estimate of drug-likeness (QED) is 0.502. The van der Waals surface area contributed by atoms with Gasteiger partial charge in [0.05, 0.1) is 13.5 Å². The molecule has 0 aliphatic heterocycles. The molecule has 0 unspecified atom stereocenters. The van der Waals surface area contributed by atoms with E-state index in [1.807, 2.05) is 0 Å². The van der Waals surface area contributed by atoms with Gasteiger partial charge in [0, 0.05) is 27.7 Å². The first-order valence-corrected chi connectivity index (χ1v) is 4.26. The third kappa shape index (κ3) is 4.08. The van der Waals surface area contributed by atoms with Crippen LogP contribution in [0, 0.1) is 0 Å². The topological polar surface area (TPSA) is 61.9 Å². The van der Waals surface area contributed by atoms with E-state index < -0.39 is 0 Å². The predicted molar refractivity (Wildman–Crippen MR) is 51.5 cm³/mol. The second-order valence-corrected chi connectivity index (χ2v) is 2.85. The zero-order valence-corrected chi connectivity index (χ0v) is 9.03. The number of urea groups is 1. The SMILES string of the molecule is CNC(=O)N(CCC(=O)OC)N(C)C. The minimum absolute atomic E-state index is 0.183. The number of methoxy groups -OCH3 is 1. The average molecular weight is 203 g/mol. The van der Waals surface area contributed by atoms with Crippen molar-refractivity contribution in [1.29, 1.82) is 0 Å². The van der Waals surface area contributed by atoms with Gasteiger partial charge < -0.3 is 10.1 Å². The highest BCUT2D eigenvalue weighted by Gasteiger charge is 2.15. The number of nitrogens with zero attached hydrogens (tertiary/aromatic N) is 2. The molecule has 0 atom stereocenters. The molecule has 2 amide bonds. The van der Waals surface area contributed by atoms with Crippen LogP contribution in [-0.2, 0) is 9.53 Å². The van der Waals surface area contributed by atoms with E-state index >= 15 is 0 Å². The lowest BCUT2D eigenvalue weighted by molar-refractivity contribution is -0.141. The molecule has 1 N–H and O–H groups in total. The molecule has 0 aromatic rings. The highest BCUT2D eigenvalue weighted by molar-refractivity contribution is 5.74. The van der Waals surface area contributed by atoms with Crippen molar-refractivity contribution in [2.75, 3.05) is 34.8 Å². The van der Waals surface area contributed by atoms with Crippen LogP contribution in [0.3, 0.4) is 0 Å². The number of hydrogen-bond donors (Lipinski definition) is 1. The number of rotatable bonds is 4. The summed E-state index contributed by atoms with van der Waals surface area (Å²) in [6.07, 6.45) is 0.183. The molecule has 0 saturated heterocycles. The fourth-order valence-electron chi connectivity index (χ4n) is 0.912. The summed E-state index contributed by atoms with van der Waals surface area (Å²) >= 11 is 0. The largest absolute Gasteiger partial charge is 0.469 e. The van der Waals surface area contributed by atoms with E-state index in [2.05, 4.69) is 10.1 Å². The van der Waals surface area contributed by atoms with Gasteiger partial charge in [-0.3, -0.25) is 9.80 Å². The highest BCUT2D eigenvalue weighted by Crippen LogP contribution is 1.96. The average Bonchev–Trinajstić information content (AvgIpc) is 2.16. The van der Waals surface area contributed by atoms with Crippen LogP contribution >= 0.6 is 0 Å². The Labute approximate surface area is 83.8 Å². The zero-order valence-electron chi connectivity index (χ0n) is 9.03. The van der Waals surface area contributed by atoms with Crippen molar-refractivity contribution in [1.82, 2.24) is 15.3 Å². The fourth-order valence-corrected chi connectivity index (χ4v) is 0.912. The maximum Gasteiger partial charge on any atom is 0.331 e. The first kappa shape index (κ1) is 12.7. The Bertz CT molecular complexity index is 206. The number of hydrazine groups is 1. The minimum Gasteiger partial charge on any atom is -0.469 e. The molecule has 0 saturated carbocycles. The van der Waals surface area contributed by atoms with Crippen molar-refractivity contribution in [2.45, 2.75) is 6.42 Å². The molecule has 0 aliphatic rings. The van der Waals surface area contributed by atoms with Gasteiger partial charge in [0.15, 0.2) is 0 Å². The standard InChI is InChI=1S/C8H17N3O3/c1-9-8(13)11(10(2)3)6-5-7(12)14-4/h5-6H2,1-4H3,(H,9,13). The van der Waals surface area contributed by atoms with Gasteiger partial charge in [-0.05, 0) is 0 Å². The van der Waals surface area contributed by atoms with Crippen LogP contribution < -0.4 is 5.32 Å². The second kappa shape index (κ2) is 6.20. The van der Waals surface area contributed by atoms with Crippen molar-refractivity contribution >= 4 is 12.0 Å². The molecule has 0 heterocycles. The van der Waals surface area contributed by atoms with Crippen LogP contribution in [0.5, 0.6) is 0 Å². The van der Waals surface area contributed by atoms with E-state index in [-0.39, 0.29) is 18.4 Å². The number of hydrogen-bond acceptors (Lipinski definition) is 4. The minimum atomic E-state index is -0.333. The lowest BCUT2D eigenvalue weighted by atomic mass is 10.4. The van der Waals surface area contributed by atoms with Crippen molar-refractivity contribution in [2.24, 2.45) is 0 Å². The van der Waals surface area contributed by atoms with Crippen LogP contribution in [0.25, 0.3) is 0 Å². The van der Waals surface area contributed by atoms with Gasteiger partial charge in [-0.2, -0.15) is 0 Å². The van der Waals surface area contributed by atoms with Crippen molar-refractivity contribution < 1.29 is 14.3 Å². The third-order valence-corrected chi connectivity index (χ3v) is 1.69. The van der Waals surface area contributed by atoms with Gasteiger partial charge in [0.25, 0.3) is 0 Å². The first-order valence-electron chi connectivity index (χ1n) is 4.26. The Morgan fingerprint density at radius 1 is 1.36 bits per heavy atom. The van der Waals surface area contributed by atoms with E-state index in [4.69, 9.17) is 0 Å². The van der Waals surface area contributed by atoms with E-state index in [9.17, 15) is 9.59 Å². The molecule has 0 aromatic carbocycles. The van der Waals surface area contributed by atoms with E-state index in [1.54, 1.807) is 19.1 Å². The van der Waals surface area contributed by atoms with Crippen molar-refractivity contribution in [3.8, 4) is 0 Å². The molecule has 0 aliphatic carbocycles. The van der Waals surface area contributed by atoms with E-state index in [0.717, 1.165) is 0 Å². The Hall–Kier alpha value is -1.30. The lowest BCUT2D eigenvalue weighted by Crippen LogP contribution is -2.47. The molecule has 0 spiro atoms. The number of ether oxygens (including phenoxy) is 1. The van der Waals surface area contributed by atoms with Gasteiger partial charge in [-0.15, -0.1) is 0 Å². The maximum absolute atomic E-state index is 11.3. The number of nitrogens with one attached hydrogen (secondary N) is 1. The second-order valence-electron chi connectivity index (χ2n) is 2.85. The van der Waals surface area contributed by atoms with Crippen molar-refractivity contribution in [3.05, 3.63) is 0 Å². The van der Waals surface area contributed by atoms with E-state index in [1.165, 1.54) is 19.2 Å². The molecule has 0 rings (SSSR count). The molecule has 0 bridgehead atoms. The van der Waals surface area contributed by atoms with Crippen LogP contribution in [0.4, 0.5) is 4.79 Å². The Morgan fingerprint density at radius 3 is 2.29 bits per heavy atom. The summed E-state index contributed by atoms with van der Waals surface area (Å²) in [7, 11) is 6.32.